The van der Waals surface area contributed by atoms with Crippen LogP contribution in [-0.4, -0.2) is 60.5 Å². The van der Waals surface area contributed by atoms with Crippen molar-refractivity contribution in [1.29, 1.82) is 0 Å². The van der Waals surface area contributed by atoms with Crippen molar-refractivity contribution < 1.29 is 18.7 Å². The summed E-state index contributed by atoms with van der Waals surface area (Å²) in [6.07, 6.45) is 3.83. The van der Waals surface area contributed by atoms with E-state index in [9.17, 15) is 9.59 Å². The molecule has 0 bridgehead atoms. The molecule has 5 rings (SSSR count). The maximum Gasteiger partial charge on any atom is 0.257 e. The van der Waals surface area contributed by atoms with Crippen molar-refractivity contribution in [3.05, 3.63) is 65.6 Å². The van der Waals surface area contributed by atoms with Crippen LogP contribution in [0.2, 0.25) is 0 Å². The van der Waals surface area contributed by atoms with Crippen LogP contribution in [0, 0.1) is 6.92 Å². The van der Waals surface area contributed by atoms with Gasteiger partial charge < -0.3 is 19.4 Å². The molecule has 1 aromatic carbocycles. The molecule has 0 unspecified atom stereocenters. The lowest BCUT2D eigenvalue weighted by molar-refractivity contribution is -0.117. The normalized spacial score (nSPS) is 16.1. The van der Waals surface area contributed by atoms with E-state index in [4.69, 9.17) is 9.15 Å². The second-order valence-electron chi connectivity index (χ2n) is 8.79. The molecule has 34 heavy (non-hydrogen) atoms. The fourth-order valence-corrected chi connectivity index (χ4v) is 5.58. The Morgan fingerprint density at radius 1 is 1.12 bits per heavy atom. The molecule has 0 radical (unpaired) electrons. The third kappa shape index (κ3) is 5.09. The lowest BCUT2D eigenvalue weighted by Gasteiger charge is -2.27. The molecule has 3 aromatic rings. The summed E-state index contributed by atoms with van der Waals surface area (Å²) in [5.41, 5.74) is 2.53. The highest BCUT2D eigenvalue weighted by atomic mass is 32.1. The number of hydrogen-bond acceptors (Lipinski definition) is 6. The molecule has 1 N–H and O–H groups in total. The molecule has 1 saturated carbocycles. The molecule has 1 saturated heterocycles. The van der Waals surface area contributed by atoms with E-state index in [-0.39, 0.29) is 18.4 Å². The van der Waals surface area contributed by atoms with Crippen LogP contribution in [-0.2, 0) is 16.1 Å². The zero-order valence-corrected chi connectivity index (χ0v) is 20.1. The van der Waals surface area contributed by atoms with E-state index in [0.717, 1.165) is 34.6 Å². The molecule has 1 aliphatic carbocycles. The summed E-state index contributed by atoms with van der Waals surface area (Å²) in [6, 6.07) is 14.2. The minimum Gasteiger partial charge on any atom is -0.468 e. The third-order valence-corrected chi connectivity index (χ3v) is 7.55. The molecule has 8 heteroatoms. The van der Waals surface area contributed by atoms with Crippen molar-refractivity contribution >= 4 is 28.2 Å². The standard InChI is InChI=1S/C26H29N3O4S/c1-18-23(26(31)28-11-14-32-15-12-28)25(34-24(18)19-6-3-2-4-7-19)27-22(30)17-29(20-9-10-20)16-21-8-5-13-33-21/h2-8,13,20H,9-12,14-17H2,1H3,(H,27,30). The second-order valence-corrected chi connectivity index (χ2v) is 9.82. The van der Waals surface area contributed by atoms with E-state index in [0.29, 0.717) is 49.5 Å². The minimum atomic E-state index is -0.115. The first-order valence-corrected chi connectivity index (χ1v) is 12.5. The van der Waals surface area contributed by atoms with Crippen molar-refractivity contribution in [2.75, 3.05) is 38.2 Å². The van der Waals surface area contributed by atoms with Crippen molar-refractivity contribution in [3.63, 3.8) is 0 Å². The Morgan fingerprint density at radius 2 is 1.88 bits per heavy atom. The van der Waals surface area contributed by atoms with Crippen LogP contribution in [0.15, 0.2) is 53.1 Å². The van der Waals surface area contributed by atoms with Crippen molar-refractivity contribution in [3.8, 4) is 10.4 Å². The molecule has 1 aliphatic heterocycles. The molecule has 2 amide bonds. The van der Waals surface area contributed by atoms with Crippen LogP contribution in [0.25, 0.3) is 10.4 Å². The van der Waals surface area contributed by atoms with Gasteiger partial charge in [0.1, 0.15) is 10.8 Å². The van der Waals surface area contributed by atoms with Gasteiger partial charge in [-0.15, -0.1) is 11.3 Å². The summed E-state index contributed by atoms with van der Waals surface area (Å²) in [7, 11) is 0. The summed E-state index contributed by atoms with van der Waals surface area (Å²) < 4.78 is 10.9. The number of rotatable bonds is 8. The maximum atomic E-state index is 13.5. The van der Waals surface area contributed by atoms with Gasteiger partial charge in [0.25, 0.3) is 5.91 Å². The predicted molar refractivity (Wildman–Crippen MR) is 132 cm³/mol. The number of nitrogens with zero attached hydrogens (tertiary/aromatic N) is 2. The SMILES string of the molecule is Cc1c(-c2ccccc2)sc(NC(=O)CN(Cc2ccco2)C2CC2)c1C(=O)N1CCOCC1. The summed E-state index contributed by atoms with van der Waals surface area (Å²) >= 11 is 1.47. The lowest BCUT2D eigenvalue weighted by Crippen LogP contribution is -2.41. The number of carbonyl (C=O) groups excluding carboxylic acids is 2. The number of benzene rings is 1. The summed E-state index contributed by atoms with van der Waals surface area (Å²) in [5.74, 6) is 0.681. The quantitative estimate of drug-likeness (QED) is 0.519. The monoisotopic (exact) mass is 479 g/mol. The van der Waals surface area contributed by atoms with Gasteiger partial charge >= 0.3 is 0 Å². The van der Waals surface area contributed by atoms with Crippen LogP contribution < -0.4 is 5.32 Å². The van der Waals surface area contributed by atoms with Crippen LogP contribution in [0.1, 0.15) is 34.5 Å². The molecular formula is C26H29N3O4S. The first kappa shape index (κ1) is 22.8. The molecule has 2 aromatic heterocycles. The molecule has 3 heterocycles. The second kappa shape index (κ2) is 10.1. The van der Waals surface area contributed by atoms with Gasteiger partial charge in [-0.2, -0.15) is 0 Å². The Balaban J connectivity index is 1.40. The average molecular weight is 480 g/mol. The van der Waals surface area contributed by atoms with Gasteiger partial charge in [-0.25, -0.2) is 0 Å². The zero-order chi connectivity index (χ0) is 23.5. The molecule has 2 fully saturated rings. The number of morpholine rings is 1. The number of hydrogen-bond donors (Lipinski definition) is 1. The van der Waals surface area contributed by atoms with Crippen LogP contribution in [0.5, 0.6) is 0 Å². The van der Waals surface area contributed by atoms with Crippen LogP contribution in [0.3, 0.4) is 0 Å². The van der Waals surface area contributed by atoms with Gasteiger partial charge in [0, 0.05) is 24.0 Å². The summed E-state index contributed by atoms with van der Waals surface area (Å²) in [4.78, 5) is 31.7. The molecule has 2 aliphatic rings. The van der Waals surface area contributed by atoms with E-state index in [1.54, 1.807) is 6.26 Å². The van der Waals surface area contributed by atoms with Gasteiger partial charge in [-0.3, -0.25) is 14.5 Å². The fraction of sp³-hybridized carbons (Fsp3) is 0.385. The van der Waals surface area contributed by atoms with Gasteiger partial charge in [-0.1, -0.05) is 30.3 Å². The average Bonchev–Trinajstić information content (AvgIpc) is 3.49. The van der Waals surface area contributed by atoms with E-state index in [1.165, 1.54) is 11.3 Å². The number of ether oxygens (including phenoxy) is 1. The van der Waals surface area contributed by atoms with Gasteiger partial charge in [0.15, 0.2) is 0 Å². The van der Waals surface area contributed by atoms with E-state index < -0.39 is 0 Å². The predicted octanol–water partition coefficient (Wildman–Crippen LogP) is 4.39. The van der Waals surface area contributed by atoms with Gasteiger partial charge in [0.05, 0.1) is 38.1 Å². The Morgan fingerprint density at radius 3 is 2.56 bits per heavy atom. The number of nitrogens with one attached hydrogen (secondary N) is 1. The molecule has 7 nitrogen and oxygen atoms in total. The zero-order valence-electron chi connectivity index (χ0n) is 19.3. The summed E-state index contributed by atoms with van der Waals surface area (Å²) in [6.45, 7) is 5.01. The maximum absolute atomic E-state index is 13.5. The number of carbonyl (C=O) groups is 2. The third-order valence-electron chi connectivity index (χ3n) is 6.30. The molecular weight excluding hydrogens is 450 g/mol. The highest BCUT2D eigenvalue weighted by Gasteiger charge is 2.32. The Bertz CT molecular complexity index is 1130. The smallest absolute Gasteiger partial charge is 0.257 e. The number of amides is 2. The number of furan rings is 1. The van der Waals surface area contributed by atoms with E-state index in [1.807, 2.05) is 54.3 Å². The Kier molecular flexibility index (Phi) is 6.80. The van der Waals surface area contributed by atoms with Crippen molar-refractivity contribution in [2.24, 2.45) is 0 Å². The van der Waals surface area contributed by atoms with Crippen molar-refractivity contribution in [2.45, 2.75) is 32.4 Å². The highest BCUT2D eigenvalue weighted by Crippen LogP contribution is 2.40. The molecule has 0 atom stereocenters. The number of anilines is 1. The van der Waals surface area contributed by atoms with Crippen molar-refractivity contribution in [1.82, 2.24) is 9.80 Å². The highest BCUT2D eigenvalue weighted by molar-refractivity contribution is 7.20. The minimum absolute atomic E-state index is 0.0517. The molecule has 178 valence electrons. The van der Waals surface area contributed by atoms with Crippen LogP contribution >= 0.6 is 11.3 Å². The lowest BCUT2D eigenvalue weighted by atomic mass is 10.1. The van der Waals surface area contributed by atoms with Crippen LogP contribution in [0.4, 0.5) is 5.00 Å². The van der Waals surface area contributed by atoms with Gasteiger partial charge in [-0.05, 0) is 43.0 Å². The summed E-state index contributed by atoms with van der Waals surface area (Å²) in [5, 5.41) is 3.70. The van der Waals surface area contributed by atoms with E-state index >= 15 is 0 Å². The first-order valence-electron chi connectivity index (χ1n) is 11.7. The number of thiophene rings is 1. The Hall–Kier alpha value is -2.94. The molecule has 0 spiro atoms. The van der Waals surface area contributed by atoms with Gasteiger partial charge in [0.2, 0.25) is 5.91 Å². The largest absolute Gasteiger partial charge is 0.468 e. The first-order chi connectivity index (χ1) is 16.6. The topological polar surface area (TPSA) is 75.0 Å². The Labute approximate surface area is 203 Å². The fourth-order valence-electron chi connectivity index (χ4n) is 4.36. The van der Waals surface area contributed by atoms with E-state index in [2.05, 4.69) is 10.2 Å².